The Morgan fingerprint density at radius 3 is 1.98 bits per heavy atom. The zero-order valence-electron chi connectivity index (χ0n) is 30.6. The molecule has 1 heterocycles. The van der Waals surface area contributed by atoms with E-state index in [0.29, 0.717) is 29.8 Å². The first-order valence-electron chi connectivity index (χ1n) is 16.4. The van der Waals surface area contributed by atoms with Gasteiger partial charge in [-0.25, -0.2) is 14.2 Å². The van der Waals surface area contributed by atoms with E-state index in [1.165, 1.54) is 29.0 Å². The lowest BCUT2D eigenvalue weighted by molar-refractivity contribution is -0.192. The van der Waals surface area contributed by atoms with Crippen molar-refractivity contribution in [3.05, 3.63) is 111 Å². The number of aromatic nitrogens is 2. The third kappa shape index (κ3) is 18.1. The number of nitrogens with two attached hydrogens (primary N) is 2. The van der Waals surface area contributed by atoms with Gasteiger partial charge >= 0.3 is 18.8 Å². The van der Waals surface area contributed by atoms with Crippen LogP contribution in [0.25, 0.3) is 11.3 Å². The smallest absolute Gasteiger partial charge is 0.483 e. The van der Waals surface area contributed by atoms with E-state index >= 15 is 0 Å². The fraction of sp³-hybridized carbons (Fsp3) is 0.250. The molecule has 4 rings (SSSR count). The molecular formula is C36H39F7N8O7. The molecule has 0 aliphatic rings. The quantitative estimate of drug-likeness (QED) is 0.0324. The largest absolute Gasteiger partial charge is 0.490 e. The monoisotopic (exact) mass is 828 g/mol. The highest BCUT2D eigenvalue weighted by Crippen LogP contribution is 2.24. The number of hydrogen-bond acceptors (Lipinski definition) is 9. The van der Waals surface area contributed by atoms with E-state index in [0.717, 1.165) is 11.1 Å². The molecule has 0 aliphatic heterocycles. The molecule has 0 radical (unpaired) electrons. The highest BCUT2D eigenvalue weighted by molar-refractivity contribution is 5.96. The van der Waals surface area contributed by atoms with Crippen LogP contribution in [0.4, 0.5) is 42.2 Å². The van der Waals surface area contributed by atoms with Crippen molar-refractivity contribution in [3.63, 3.8) is 0 Å². The minimum atomic E-state index is -5.08. The Kier molecular flexibility index (Phi) is 20.1. The molecule has 0 saturated carbocycles. The van der Waals surface area contributed by atoms with Crippen molar-refractivity contribution >= 4 is 41.6 Å². The van der Waals surface area contributed by atoms with Gasteiger partial charge in [-0.2, -0.15) is 26.3 Å². The zero-order valence-corrected chi connectivity index (χ0v) is 30.6. The molecule has 314 valence electrons. The number of carboxylic acids is 1. The highest BCUT2D eigenvalue weighted by atomic mass is 19.4. The van der Waals surface area contributed by atoms with Crippen LogP contribution in [0.1, 0.15) is 40.9 Å². The molecule has 4 aromatic rings. The number of amides is 2. The second-order valence-electron chi connectivity index (χ2n) is 11.7. The van der Waals surface area contributed by atoms with Crippen molar-refractivity contribution in [2.75, 3.05) is 17.6 Å². The van der Waals surface area contributed by atoms with Gasteiger partial charge < -0.3 is 37.6 Å². The minimum absolute atomic E-state index is 0.0526. The molecule has 0 spiro atoms. The van der Waals surface area contributed by atoms with Crippen molar-refractivity contribution in [3.8, 4) is 11.3 Å². The fourth-order valence-corrected chi connectivity index (χ4v) is 4.45. The summed E-state index contributed by atoms with van der Waals surface area (Å²) in [7, 11) is 0. The van der Waals surface area contributed by atoms with E-state index in [-0.39, 0.29) is 60.2 Å². The molecule has 0 bridgehead atoms. The Hall–Kier alpha value is -7.00. The van der Waals surface area contributed by atoms with E-state index in [9.17, 15) is 45.1 Å². The summed E-state index contributed by atoms with van der Waals surface area (Å²) in [6.07, 6.45) is -3.12. The van der Waals surface area contributed by atoms with Crippen LogP contribution in [-0.2, 0) is 33.9 Å². The van der Waals surface area contributed by atoms with Gasteiger partial charge in [-0.05, 0) is 61.7 Å². The Balaban J connectivity index is 0.00000103. The molecule has 15 nitrogen and oxygen atoms in total. The van der Waals surface area contributed by atoms with Gasteiger partial charge in [0.05, 0.1) is 11.9 Å². The van der Waals surface area contributed by atoms with Gasteiger partial charge in [0, 0.05) is 41.5 Å². The number of rotatable bonds is 12. The molecule has 0 aliphatic carbocycles. The normalized spacial score (nSPS) is 10.4. The molecule has 10 N–H and O–H groups in total. The van der Waals surface area contributed by atoms with Crippen molar-refractivity contribution < 1.29 is 60.1 Å². The van der Waals surface area contributed by atoms with E-state index in [4.69, 9.17) is 36.7 Å². The number of anilines is 2. The van der Waals surface area contributed by atoms with Gasteiger partial charge in [0.25, 0.3) is 17.9 Å². The molecule has 1 aromatic heterocycles. The van der Waals surface area contributed by atoms with E-state index in [2.05, 4.69) is 20.9 Å². The molecule has 58 heavy (non-hydrogen) atoms. The first-order valence-corrected chi connectivity index (χ1v) is 16.4. The summed E-state index contributed by atoms with van der Waals surface area (Å²) in [5.74, 6) is -3.86. The van der Waals surface area contributed by atoms with E-state index in [1.807, 2.05) is 13.8 Å². The summed E-state index contributed by atoms with van der Waals surface area (Å²) < 4.78 is 75.2. The number of aliphatic carboxylic acids is 1. The molecule has 3 aromatic carbocycles. The maximum Gasteiger partial charge on any atom is 0.490 e. The van der Waals surface area contributed by atoms with Crippen LogP contribution in [0.3, 0.4) is 0 Å². The molecular weight excluding hydrogens is 789 g/mol. The maximum absolute atomic E-state index is 13.5. The van der Waals surface area contributed by atoms with Crippen LogP contribution in [0.5, 0.6) is 0 Å². The van der Waals surface area contributed by atoms with Gasteiger partial charge in [0.2, 0.25) is 5.91 Å². The Labute approximate surface area is 325 Å². The van der Waals surface area contributed by atoms with E-state index < -0.39 is 30.3 Å². The van der Waals surface area contributed by atoms with E-state index in [1.54, 1.807) is 48.5 Å². The van der Waals surface area contributed by atoms with Crippen LogP contribution in [-0.4, -0.2) is 75.3 Å². The lowest BCUT2D eigenvalue weighted by Gasteiger charge is -2.17. The average molecular weight is 829 g/mol. The second kappa shape index (κ2) is 23.8. The predicted octanol–water partition coefficient (Wildman–Crippen LogP) is 4.54. The lowest BCUT2D eigenvalue weighted by Crippen LogP contribution is -2.35. The van der Waals surface area contributed by atoms with Crippen LogP contribution < -0.4 is 33.0 Å². The molecule has 0 atom stereocenters. The van der Waals surface area contributed by atoms with Crippen molar-refractivity contribution in [1.82, 2.24) is 20.2 Å². The Morgan fingerprint density at radius 2 is 1.48 bits per heavy atom. The number of carbonyl (C=O) groups is 4. The van der Waals surface area contributed by atoms with Crippen LogP contribution >= 0.6 is 0 Å². The van der Waals surface area contributed by atoms with Gasteiger partial charge in [-0.3, -0.25) is 29.2 Å². The number of benzene rings is 3. The average Bonchev–Trinajstić information content (AvgIpc) is 3.13. The number of hydrogen-bond donors (Lipinski definition) is 8. The summed E-state index contributed by atoms with van der Waals surface area (Å²) in [5.41, 5.74) is 14.7. The molecule has 22 heteroatoms. The van der Waals surface area contributed by atoms with Crippen molar-refractivity contribution in [2.45, 2.75) is 52.3 Å². The summed E-state index contributed by atoms with van der Waals surface area (Å²) in [4.78, 5) is 61.1. The summed E-state index contributed by atoms with van der Waals surface area (Å²) in [5, 5.41) is 30.2. The first-order chi connectivity index (χ1) is 27.1. The molecule has 0 unspecified atom stereocenters. The number of carbonyl (C=O) groups excluding carboxylic acids is 2. The second-order valence-corrected chi connectivity index (χ2v) is 11.7. The fourth-order valence-electron chi connectivity index (χ4n) is 4.45. The Bertz CT molecular complexity index is 2040. The zero-order chi connectivity index (χ0) is 44.2. The minimum Gasteiger partial charge on any atom is -0.483 e. The number of alkyl halides is 6. The predicted molar refractivity (Wildman–Crippen MR) is 198 cm³/mol. The number of halogens is 7. The standard InChI is InChI=1S/C32H35FN8O3.C2HF3O2.CHF3.CH2O2/c1-19(2)40-30-32(44)41(18-28(42)38-16-21-3-7-22(8-4-21)29(35)36)27(17-39-30)23-13-24(15-26(34)14-23)31(43)37-12-11-20-5-9-25(33)10-6-20;3-2(4,5)1(6)7;2-1(3)4;2-1-3/h3-10,13-15,17,19H,11-12,16,18,34H2,1-2H3,(H3,35,36)(H,37,43)(H,38,42)(H,39,40);(H,6,7);1H;1H,(H,2,3). The number of nitrogens with one attached hydrogen (secondary N) is 4. The SMILES string of the molecule is CC(C)Nc1ncc(-c2cc(N)cc(C(=O)NCCc3ccc(F)cc3)c2)n(CC(=O)NCc2ccc(C(=N)N)cc2)c1=O.FC(F)F.O=C(O)C(F)(F)F.O=CO. The number of amidine groups is 1. The van der Waals surface area contributed by atoms with Crippen LogP contribution in [0.2, 0.25) is 0 Å². The van der Waals surface area contributed by atoms with Crippen LogP contribution in [0, 0.1) is 11.2 Å². The van der Waals surface area contributed by atoms with Gasteiger partial charge in [0.1, 0.15) is 18.2 Å². The maximum atomic E-state index is 13.5. The summed E-state index contributed by atoms with van der Waals surface area (Å²) >= 11 is 0. The third-order valence-corrected chi connectivity index (χ3v) is 6.90. The topological polar surface area (TPSA) is 256 Å². The first kappa shape index (κ1) is 49.0. The van der Waals surface area contributed by atoms with Gasteiger partial charge in [-0.1, -0.05) is 36.4 Å². The molecule has 2 amide bonds. The summed E-state index contributed by atoms with van der Waals surface area (Å²) in [6.45, 7) is 0.00548. The lowest BCUT2D eigenvalue weighted by atomic mass is 10.1. The summed E-state index contributed by atoms with van der Waals surface area (Å²) in [6, 6.07) is 17.6. The Morgan fingerprint density at radius 1 is 0.948 bits per heavy atom. The number of nitrogen functional groups attached to an aromatic ring is 2. The molecule has 0 fully saturated rings. The van der Waals surface area contributed by atoms with Crippen LogP contribution in [0.15, 0.2) is 77.7 Å². The molecule has 0 saturated heterocycles. The third-order valence-electron chi connectivity index (χ3n) is 6.90. The number of nitrogens with zero attached hydrogens (tertiary/aromatic N) is 2. The van der Waals surface area contributed by atoms with Crippen molar-refractivity contribution in [2.24, 2.45) is 5.73 Å². The highest BCUT2D eigenvalue weighted by Gasteiger charge is 2.38. The van der Waals surface area contributed by atoms with Crippen molar-refractivity contribution in [1.29, 1.82) is 5.41 Å². The van der Waals surface area contributed by atoms with Gasteiger partial charge in [-0.15, -0.1) is 0 Å². The van der Waals surface area contributed by atoms with Gasteiger partial charge in [0.15, 0.2) is 5.82 Å². The number of carboxylic acid groups (broad SMARTS) is 2.